The Morgan fingerprint density at radius 2 is 2.14 bits per heavy atom. The van der Waals surface area contributed by atoms with Crippen LogP contribution in [0.4, 0.5) is 11.4 Å². The van der Waals surface area contributed by atoms with E-state index in [9.17, 15) is 4.79 Å². The quantitative estimate of drug-likeness (QED) is 0.894. The predicted octanol–water partition coefficient (Wildman–Crippen LogP) is 3.19. The smallest absolute Gasteiger partial charge is 0.247 e. The van der Waals surface area contributed by atoms with E-state index in [2.05, 4.69) is 10.6 Å². The first kappa shape index (κ1) is 13.5. The van der Waals surface area contributed by atoms with E-state index in [1.165, 1.54) is 0 Å². The molecule has 0 saturated heterocycles. The minimum absolute atomic E-state index is 0.164. The van der Waals surface area contributed by atoms with Crippen LogP contribution in [0.5, 0.6) is 0 Å². The molecule has 0 bridgehead atoms. The fourth-order valence-corrected chi connectivity index (χ4v) is 2.53. The van der Waals surface area contributed by atoms with Gasteiger partial charge < -0.3 is 10.6 Å². The monoisotopic (exact) mass is 297 g/mol. The van der Waals surface area contributed by atoms with Crippen molar-refractivity contribution in [2.24, 2.45) is 0 Å². The minimum atomic E-state index is -0.329. The lowest BCUT2D eigenvalue weighted by atomic mass is 10.1. The Balaban J connectivity index is 1.75. The summed E-state index contributed by atoms with van der Waals surface area (Å²) in [5, 5.41) is 15.3. The lowest BCUT2D eigenvalue weighted by molar-refractivity contribution is -0.116. The molecule has 2 aromatic rings. The maximum Gasteiger partial charge on any atom is 0.247 e. The van der Waals surface area contributed by atoms with Crippen molar-refractivity contribution in [2.45, 2.75) is 12.5 Å². The number of para-hydroxylation sites is 1. The van der Waals surface area contributed by atoms with Gasteiger partial charge in [0.05, 0.1) is 22.3 Å². The van der Waals surface area contributed by atoms with Gasteiger partial charge in [-0.3, -0.25) is 4.79 Å². The van der Waals surface area contributed by atoms with Gasteiger partial charge in [0, 0.05) is 12.1 Å². The minimum Gasteiger partial charge on any atom is -0.373 e. The van der Waals surface area contributed by atoms with Crippen molar-refractivity contribution in [3.05, 3.63) is 58.6 Å². The largest absolute Gasteiger partial charge is 0.373 e. The molecule has 0 saturated carbocycles. The molecular weight excluding hydrogens is 286 g/mol. The highest BCUT2D eigenvalue weighted by molar-refractivity contribution is 6.33. The highest BCUT2D eigenvalue weighted by Gasteiger charge is 2.26. The summed E-state index contributed by atoms with van der Waals surface area (Å²) < 4.78 is 0. The number of carbonyl (C=O) groups excluding carboxylic acids is 1. The lowest BCUT2D eigenvalue weighted by Crippen LogP contribution is -2.32. The summed E-state index contributed by atoms with van der Waals surface area (Å²) in [5.74, 6) is -0.164. The highest BCUT2D eigenvalue weighted by atomic mass is 35.5. The van der Waals surface area contributed by atoms with Crippen LogP contribution in [0.1, 0.15) is 11.1 Å². The molecule has 0 radical (unpaired) electrons. The summed E-state index contributed by atoms with van der Waals surface area (Å²) in [7, 11) is 0. The van der Waals surface area contributed by atoms with E-state index in [0.717, 1.165) is 11.3 Å². The van der Waals surface area contributed by atoms with Crippen LogP contribution < -0.4 is 10.6 Å². The fraction of sp³-hybridized carbons (Fsp3) is 0.125. The molecule has 2 N–H and O–H groups in total. The second-order valence-corrected chi connectivity index (χ2v) is 5.26. The van der Waals surface area contributed by atoms with E-state index in [0.29, 0.717) is 22.7 Å². The van der Waals surface area contributed by atoms with E-state index in [1.807, 2.05) is 30.3 Å². The zero-order chi connectivity index (χ0) is 14.8. The number of fused-ring (bicyclic) bond motifs is 1. The summed E-state index contributed by atoms with van der Waals surface area (Å²) in [4.78, 5) is 12.3. The first-order valence-corrected chi connectivity index (χ1v) is 6.90. The number of nitriles is 1. The first-order valence-electron chi connectivity index (χ1n) is 6.52. The number of rotatable bonds is 2. The van der Waals surface area contributed by atoms with Crippen LogP contribution in [0.2, 0.25) is 5.02 Å². The van der Waals surface area contributed by atoms with E-state index in [4.69, 9.17) is 16.9 Å². The number of carbonyl (C=O) groups is 1. The van der Waals surface area contributed by atoms with Gasteiger partial charge in [-0.05, 0) is 29.8 Å². The van der Waals surface area contributed by atoms with Gasteiger partial charge in [0.25, 0.3) is 0 Å². The molecule has 4 nitrogen and oxygen atoms in total. The molecule has 1 heterocycles. The van der Waals surface area contributed by atoms with Crippen LogP contribution >= 0.6 is 11.6 Å². The molecular formula is C16H12ClN3O. The van der Waals surface area contributed by atoms with Crippen molar-refractivity contribution in [1.82, 2.24) is 0 Å². The molecule has 0 aromatic heterocycles. The van der Waals surface area contributed by atoms with E-state index < -0.39 is 0 Å². The van der Waals surface area contributed by atoms with Gasteiger partial charge in [-0.15, -0.1) is 0 Å². The Morgan fingerprint density at radius 1 is 1.33 bits per heavy atom. The van der Waals surface area contributed by atoms with Crippen molar-refractivity contribution in [1.29, 1.82) is 5.26 Å². The van der Waals surface area contributed by atoms with Crippen LogP contribution in [0, 0.1) is 11.3 Å². The number of hydrogen-bond acceptors (Lipinski definition) is 3. The van der Waals surface area contributed by atoms with Crippen LogP contribution in [-0.2, 0) is 11.2 Å². The number of amides is 1. The molecule has 0 spiro atoms. The SMILES string of the molecule is N#Cc1ccc(Cl)c(NC(=O)[C@@H]2Cc3ccccc3N2)c1. The molecule has 5 heteroatoms. The summed E-state index contributed by atoms with van der Waals surface area (Å²) in [6, 6.07) is 14.3. The maximum absolute atomic E-state index is 12.3. The number of hydrogen-bond donors (Lipinski definition) is 2. The van der Waals surface area contributed by atoms with E-state index >= 15 is 0 Å². The zero-order valence-electron chi connectivity index (χ0n) is 11.1. The van der Waals surface area contributed by atoms with E-state index in [-0.39, 0.29) is 11.9 Å². The molecule has 3 rings (SSSR count). The van der Waals surface area contributed by atoms with Gasteiger partial charge in [-0.25, -0.2) is 0 Å². The topological polar surface area (TPSA) is 64.9 Å². The Morgan fingerprint density at radius 3 is 2.90 bits per heavy atom. The zero-order valence-corrected chi connectivity index (χ0v) is 11.8. The molecule has 1 atom stereocenters. The second-order valence-electron chi connectivity index (χ2n) is 4.85. The molecule has 1 aliphatic heterocycles. The molecule has 1 amide bonds. The Kier molecular flexibility index (Phi) is 3.51. The van der Waals surface area contributed by atoms with Crippen molar-refractivity contribution < 1.29 is 4.79 Å². The van der Waals surface area contributed by atoms with Gasteiger partial charge in [-0.1, -0.05) is 29.8 Å². The van der Waals surface area contributed by atoms with Gasteiger partial charge in [0.15, 0.2) is 0 Å². The van der Waals surface area contributed by atoms with Crippen molar-refractivity contribution >= 4 is 28.9 Å². The number of nitrogens with zero attached hydrogens (tertiary/aromatic N) is 1. The molecule has 104 valence electrons. The Labute approximate surface area is 127 Å². The first-order chi connectivity index (χ1) is 10.2. The average molecular weight is 298 g/mol. The fourth-order valence-electron chi connectivity index (χ4n) is 2.37. The highest BCUT2D eigenvalue weighted by Crippen LogP contribution is 2.27. The normalized spacial score (nSPS) is 15.7. The van der Waals surface area contributed by atoms with Gasteiger partial charge >= 0.3 is 0 Å². The third kappa shape index (κ3) is 2.69. The standard InChI is InChI=1S/C16H12ClN3O/c17-12-6-5-10(9-18)7-14(12)20-16(21)15-8-11-3-1-2-4-13(11)19-15/h1-7,15,19H,8H2,(H,20,21)/t15-/m0/s1. The average Bonchev–Trinajstić information content (AvgIpc) is 2.93. The molecule has 0 aliphatic carbocycles. The summed E-state index contributed by atoms with van der Waals surface area (Å²) in [5.41, 5.74) is 3.01. The van der Waals surface area contributed by atoms with Crippen LogP contribution in [0.3, 0.4) is 0 Å². The number of anilines is 2. The van der Waals surface area contributed by atoms with E-state index in [1.54, 1.807) is 18.2 Å². The summed E-state index contributed by atoms with van der Waals surface area (Å²) in [6.07, 6.45) is 0.636. The summed E-state index contributed by atoms with van der Waals surface area (Å²) in [6.45, 7) is 0. The number of halogens is 1. The molecule has 21 heavy (non-hydrogen) atoms. The third-order valence-corrected chi connectivity index (χ3v) is 3.77. The molecule has 0 fully saturated rings. The predicted molar refractivity (Wildman–Crippen MR) is 82.4 cm³/mol. The number of nitrogens with one attached hydrogen (secondary N) is 2. The van der Waals surface area contributed by atoms with Crippen molar-refractivity contribution in [3.8, 4) is 6.07 Å². The molecule has 1 aliphatic rings. The molecule has 0 unspecified atom stereocenters. The third-order valence-electron chi connectivity index (χ3n) is 3.44. The Hall–Kier alpha value is -2.51. The van der Waals surface area contributed by atoms with Gasteiger partial charge in [0.2, 0.25) is 5.91 Å². The van der Waals surface area contributed by atoms with Gasteiger partial charge in [0.1, 0.15) is 6.04 Å². The van der Waals surface area contributed by atoms with Crippen LogP contribution in [0.25, 0.3) is 0 Å². The van der Waals surface area contributed by atoms with Gasteiger partial charge in [-0.2, -0.15) is 5.26 Å². The lowest BCUT2D eigenvalue weighted by Gasteiger charge is -2.13. The number of benzene rings is 2. The van der Waals surface area contributed by atoms with Crippen LogP contribution in [0.15, 0.2) is 42.5 Å². The Bertz CT molecular complexity index is 726. The van der Waals surface area contributed by atoms with Crippen LogP contribution in [-0.4, -0.2) is 11.9 Å². The van der Waals surface area contributed by atoms with Crippen molar-refractivity contribution in [3.63, 3.8) is 0 Å². The summed E-state index contributed by atoms with van der Waals surface area (Å²) >= 11 is 6.05. The maximum atomic E-state index is 12.3. The molecule has 2 aromatic carbocycles. The second kappa shape index (κ2) is 5.47. The van der Waals surface area contributed by atoms with Crippen molar-refractivity contribution in [2.75, 3.05) is 10.6 Å².